The Morgan fingerprint density at radius 1 is 1.27 bits per heavy atom. The number of aliphatic hydroxyl groups excluding tert-OH is 1. The lowest BCUT2D eigenvalue weighted by atomic mass is 9.84. The lowest BCUT2D eigenvalue weighted by Crippen LogP contribution is -2.36. The highest BCUT2D eigenvalue weighted by Crippen LogP contribution is 2.42. The summed E-state index contributed by atoms with van der Waals surface area (Å²) in [4.78, 5) is 28.7. The molecule has 4 rings (SSSR count). The number of Topliss-reactive ketones (excluding diaryl/α,β-unsaturated/α-hetero) is 1. The van der Waals surface area contributed by atoms with Gasteiger partial charge in [-0.15, -0.1) is 11.3 Å². The molecule has 0 radical (unpaired) electrons. The van der Waals surface area contributed by atoms with Crippen LogP contribution in [0.3, 0.4) is 0 Å². The normalized spacial score (nSPS) is 22.8. The van der Waals surface area contributed by atoms with Gasteiger partial charge in [-0.3, -0.25) is 9.59 Å². The van der Waals surface area contributed by atoms with Crippen LogP contribution in [0.15, 0.2) is 41.3 Å². The van der Waals surface area contributed by atoms with Crippen molar-refractivity contribution in [3.05, 3.63) is 57.3 Å². The van der Waals surface area contributed by atoms with Crippen molar-refractivity contribution in [2.75, 3.05) is 19.8 Å². The molecule has 2 unspecified atom stereocenters. The first kappa shape index (κ1) is 23.5. The third-order valence-electron chi connectivity index (χ3n) is 6.14. The number of nitrogens with zero attached hydrogens (tertiary/aromatic N) is 1. The number of ketones is 1. The van der Waals surface area contributed by atoms with E-state index < -0.39 is 17.7 Å². The van der Waals surface area contributed by atoms with E-state index in [1.54, 1.807) is 11.0 Å². The molecular weight excluding hydrogens is 438 g/mol. The zero-order valence-corrected chi connectivity index (χ0v) is 20.4. The SMILES string of the molecule is CCOc1ccc(/C(O)=C2/C(=O)C(=O)N(CC3CCCO3)C2c2cccs2)cc1C(C)(C)C. The lowest BCUT2D eigenvalue weighted by Gasteiger charge is -2.26. The van der Waals surface area contributed by atoms with Crippen LogP contribution in [-0.4, -0.2) is 47.6 Å². The fourth-order valence-corrected chi connectivity index (χ4v) is 5.36. The molecule has 7 heteroatoms. The Labute approximate surface area is 198 Å². The van der Waals surface area contributed by atoms with Gasteiger partial charge in [0.15, 0.2) is 0 Å². The summed E-state index contributed by atoms with van der Waals surface area (Å²) in [7, 11) is 0. The number of rotatable bonds is 6. The van der Waals surface area contributed by atoms with Crippen molar-refractivity contribution >= 4 is 28.8 Å². The van der Waals surface area contributed by atoms with Crippen LogP contribution < -0.4 is 4.74 Å². The van der Waals surface area contributed by atoms with E-state index in [0.717, 1.165) is 29.0 Å². The van der Waals surface area contributed by atoms with E-state index in [0.29, 0.717) is 25.3 Å². The van der Waals surface area contributed by atoms with Crippen LogP contribution >= 0.6 is 11.3 Å². The van der Waals surface area contributed by atoms with Crippen molar-refractivity contribution in [1.82, 2.24) is 4.90 Å². The Morgan fingerprint density at radius 2 is 2.06 bits per heavy atom. The van der Waals surface area contributed by atoms with Crippen molar-refractivity contribution in [2.24, 2.45) is 0 Å². The molecule has 176 valence electrons. The number of hydrogen-bond acceptors (Lipinski definition) is 6. The number of ether oxygens (including phenoxy) is 2. The molecule has 2 saturated heterocycles. The molecule has 2 aliphatic heterocycles. The van der Waals surface area contributed by atoms with Gasteiger partial charge in [0.2, 0.25) is 0 Å². The van der Waals surface area contributed by atoms with Crippen LogP contribution in [0.5, 0.6) is 5.75 Å². The first-order valence-electron chi connectivity index (χ1n) is 11.4. The van der Waals surface area contributed by atoms with E-state index in [4.69, 9.17) is 9.47 Å². The van der Waals surface area contributed by atoms with Crippen LogP contribution in [-0.2, 0) is 19.7 Å². The summed E-state index contributed by atoms with van der Waals surface area (Å²) in [6.45, 7) is 9.67. The van der Waals surface area contributed by atoms with E-state index in [-0.39, 0.29) is 22.9 Å². The maximum absolute atomic E-state index is 13.2. The molecule has 1 aromatic heterocycles. The van der Waals surface area contributed by atoms with Crippen molar-refractivity contribution in [3.8, 4) is 5.75 Å². The summed E-state index contributed by atoms with van der Waals surface area (Å²) < 4.78 is 11.5. The van der Waals surface area contributed by atoms with Crippen molar-refractivity contribution in [2.45, 2.75) is 58.1 Å². The van der Waals surface area contributed by atoms with E-state index in [2.05, 4.69) is 20.8 Å². The molecule has 0 aliphatic carbocycles. The molecule has 1 aromatic carbocycles. The molecule has 6 nitrogen and oxygen atoms in total. The van der Waals surface area contributed by atoms with Gasteiger partial charge in [-0.25, -0.2) is 0 Å². The monoisotopic (exact) mass is 469 g/mol. The quantitative estimate of drug-likeness (QED) is 0.364. The number of likely N-dealkylation sites (tertiary alicyclic amines) is 1. The molecule has 3 heterocycles. The topological polar surface area (TPSA) is 76.1 Å². The van der Waals surface area contributed by atoms with E-state index >= 15 is 0 Å². The number of amides is 1. The summed E-state index contributed by atoms with van der Waals surface area (Å²) in [5.41, 5.74) is 1.32. The van der Waals surface area contributed by atoms with Gasteiger partial charge in [0, 0.05) is 29.2 Å². The van der Waals surface area contributed by atoms with E-state index in [1.807, 2.05) is 36.6 Å². The fourth-order valence-electron chi connectivity index (χ4n) is 4.52. The van der Waals surface area contributed by atoms with Gasteiger partial charge in [-0.2, -0.15) is 0 Å². The Kier molecular flexibility index (Phi) is 6.64. The molecule has 2 fully saturated rings. The van der Waals surface area contributed by atoms with Crippen molar-refractivity contribution in [3.63, 3.8) is 0 Å². The van der Waals surface area contributed by atoms with Gasteiger partial charge in [0.05, 0.1) is 24.3 Å². The van der Waals surface area contributed by atoms with Crippen molar-refractivity contribution < 1.29 is 24.2 Å². The molecule has 2 atom stereocenters. The van der Waals surface area contributed by atoms with Crippen LogP contribution in [0.4, 0.5) is 0 Å². The molecule has 0 spiro atoms. The Morgan fingerprint density at radius 3 is 2.67 bits per heavy atom. The molecule has 2 aromatic rings. The second-order valence-corrected chi connectivity index (χ2v) is 10.5. The van der Waals surface area contributed by atoms with Crippen LogP contribution in [0.25, 0.3) is 5.76 Å². The summed E-state index contributed by atoms with van der Waals surface area (Å²) in [6.07, 6.45) is 1.71. The van der Waals surface area contributed by atoms with Gasteiger partial charge in [0.1, 0.15) is 11.5 Å². The van der Waals surface area contributed by atoms with Gasteiger partial charge in [-0.1, -0.05) is 26.8 Å². The van der Waals surface area contributed by atoms with Crippen molar-refractivity contribution in [1.29, 1.82) is 0 Å². The highest BCUT2D eigenvalue weighted by Gasteiger charge is 2.47. The summed E-state index contributed by atoms with van der Waals surface area (Å²) in [5.74, 6) is -0.659. The second-order valence-electron chi connectivity index (χ2n) is 9.50. The predicted molar refractivity (Wildman–Crippen MR) is 129 cm³/mol. The lowest BCUT2D eigenvalue weighted by molar-refractivity contribution is -0.140. The largest absolute Gasteiger partial charge is 0.507 e. The maximum Gasteiger partial charge on any atom is 0.295 e. The third kappa shape index (κ3) is 4.57. The fraction of sp³-hybridized carbons (Fsp3) is 0.462. The number of thiophene rings is 1. The number of aliphatic hydroxyl groups is 1. The number of benzene rings is 1. The van der Waals surface area contributed by atoms with E-state index in [1.165, 1.54) is 11.3 Å². The van der Waals surface area contributed by atoms with E-state index in [9.17, 15) is 14.7 Å². The third-order valence-corrected chi connectivity index (χ3v) is 7.06. The average molecular weight is 470 g/mol. The smallest absolute Gasteiger partial charge is 0.295 e. The maximum atomic E-state index is 13.2. The first-order chi connectivity index (χ1) is 15.7. The molecule has 1 amide bonds. The number of carbonyl (C=O) groups is 2. The summed E-state index contributed by atoms with van der Waals surface area (Å²) in [5, 5.41) is 13.3. The second kappa shape index (κ2) is 9.31. The van der Waals surface area contributed by atoms with Crippen LogP contribution in [0.2, 0.25) is 0 Å². The molecule has 33 heavy (non-hydrogen) atoms. The average Bonchev–Trinajstić information content (AvgIpc) is 3.52. The van der Waals surface area contributed by atoms with Gasteiger partial charge in [-0.05, 0) is 54.8 Å². The molecule has 2 aliphatic rings. The highest BCUT2D eigenvalue weighted by atomic mass is 32.1. The molecule has 1 N–H and O–H groups in total. The minimum atomic E-state index is -0.657. The Hall–Kier alpha value is -2.64. The Bertz CT molecular complexity index is 1060. The standard InChI is InChI=1S/C26H31NO5S/c1-5-31-19-11-10-16(14-18(19)26(2,3)4)23(28)21-22(20-9-7-13-33-20)27(25(30)24(21)29)15-17-8-6-12-32-17/h7,9-11,13-14,17,22,28H,5-6,8,12,15H2,1-4H3/b23-21-. The minimum Gasteiger partial charge on any atom is -0.507 e. The molecule has 0 bridgehead atoms. The zero-order valence-electron chi connectivity index (χ0n) is 19.6. The number of hydrogen-bond donors (Lipinski definition) is 1. The zero-order chi connectivity index (χ0) is 23.8. The number of carbonyl (C=O) groups excluding carboxylic acids is 2. The van der Waals surface area contributed by atoms with Gasteiger partial charge in [0.25, 0.3) is 11.7 Å². The highest BCUT2D eigenvalue weighted by molar-refractivity contribution is 7.10. The van der Waals surface area contributed by atoms with Gasteiger partial charge >= 0.3 is 0 Å². The predicted octanol–water partition coefficient (Wildman–Crippen LogP) is 5.05. The summed E-state index contributed by atoms with van der Waals surface area (Å²) in [6, 6.07) is 8.59. The first-order valence-corrected chi connectivity index (χ1v) is 12.3. The molecular formula is C26H31NO5S. The summed E-state index contributed by atoms with van der Waals surface area (Å²) >= 11 is 1.47. The molecule has 0 saturated carbocycles. The van der Waals surface area contributed by atoms with Crippen LogP contribution in [0, 0.1) is 0 Å². The Balaban J connectivity index is 1.81. The van der Waals surface area contributed by atoms with Crippen LogP contribution in [0.1, 0.15) is 62.6 Å². The van der Waals surface area contributed by atoms with Gasteiger partial charge < -0.3 is 19.5 Å². The minimum absolute atomic E-state index is 0.0938.